The molecule has 0 aliphatic rings. The first-order valence-corrected chi connectivity index (χ1v) is 16.4. The van der Waals surface area contributed by atoms with Crippen LogP contribution in [0.15, 0.2) is 12.2 Å². The Balaban J connectivity index is 4.55. The Hall–Kier alpha value is -0.800. The summed E-state index contributed by atoms with van der Waals surface area (Å²) >= 11 is 0. The fourth-order valence-electron chi connectivity index (χ4n) is 4.10. The molecule has 9 nitrogen and oxygen atoms in total. The summed E-state index contributed by atoms with van der Waals surface area (Å²) in [6.07, 6.45) is 18.6. The van der Waals surface area contributed by atoms with Crippen LogP contribution < -0.4 is 11.1 Å². The highest BCUT2D eigenvalue weighted by molar-refractivity contribution is 7.47. The molecule has 0 bridgehead atoms. The summed E-state index contributed by atoms with van der Waals surface area (Å²) in [5.41, 5.74) is 5.30. The molecule has 0 aliphatic heterocycles. The van der Waals surface area contributed by atoms with E-state index in [1.165, 1.54) is 32.1 Å². The van der Waals surface area contributed by atoms with Gasteiger partial charge in [-0.3, -0.25) is 13.8 Å². The van der Waals surface area contributed by atoms with Crippen LogP contribution in [0.2, 0.25) is 0 Å². The van der Waals surface area contributed by atoms with Gasteiger partial charge < -0.3 is 26.2 Å². The summed E-state index contributed by atoms with van der Waals surface area (Å²) in [6.45, 7) is 3.88. The lowest BCUT2D eigenvalue weighted by Crippen LogP contribution is -2.47. The fraction of sp³-hybridized carbons (Fsp3) is 0.893. The predicted molar refractivity (Wildman–Crippen MR) is 154 cm³/mol. The van der Waals surface area contributed by atoms with E-state index in [0.717, 1.165) is 57.8 Å². The smallest absolute Gasteiger partial charge is 0.393 e. The number of allylic oxidation sites excluding steroid dienone is 2. The van der Waals surface area contributed by atoms with Gasteiger partial charge in [-0.25, -0.2) is 4.57 Å². The molecule has 4 atom stereocenters. The third-order valence-electron chi connectivity index (χ3n) is 6.42. The lowest BCUT2D eigenvalue weighted by molar-refractivity contribution is -0.125. The molecule has 0 saturated carbocycles. The van der Waals surface area contributed by atoms with Gasteiger partial charge in [0.25, 0.3) is 0 Å². The zero-order valence-corrected chi connectivity index (χ0v) is 24.9. The summed E-state index contributed by atoms with van der Waals surface area (Å²) in [5, 5.41) is 23.7. The highest BCUT2D eigenvalue weighted by Crippen LogP contribution is 2.43. The lowest BCUT2D eigenvalue weighted by Gasteiger charge is -2.25. The van der Waals surface area contributed by atoms with E-state index in [9.17, 15) is 24.5 Å². The summed E-state index contributed by atoms with van der Waals surface area (Å²) in [5.74, 6) is -0.431. The van der Waals surface area contributed by atoms with E-state index in [1.54, 1.807) is 0 Å². The molecule has 0 aromatic heterocycles. The molecule has 0 radical (unpaired) electrons. The van der Waals surface area contributed by atoms with Crippen LogP contribution in [0.25, 0.3) is 0 Å². The molecular formula is C28H57N2O7P. The van der Waals surface area contributed by atoms with Crippen molar-refractivity contribution < 1.29 is 33.5 Å². The summed E-state index contributed by atoms with van der Waals surface area (Å²) in [6, 6.07) is -0.892. The van der Waals surface area contributed by atoms with Crippen molar-refractivity contribution >= 4 is 13.7 Å². The Kier molecular flexibility index (Phi) is 24.7. The average Bonchev–Trinajstić information content (AvgIpc) is 2.88. The van der Waals surface area contributed by atoms with Crippen LogP contribution in [-0.2, 0) is 18.4 Å². The van der Waals surface area contributed by atoms with Crippen molar-refractivity contribution in [3.63, 3.8) is 0 Å². The van der Waals surface area contributed by atoms with E-state index >= 15 is 0 Å². The quantitative estimate of drug-likeness (QED) is 0.0497. The van der Waals surface area contributed by atoms with Crippen LogP contribution in [0.5, 0.6) is 0 Å². The first kappa shape index (κ1) is 37.2. The molecule has 0 aromatic carbocycles. The van der Waals surface area contributed by atoms with E-state index in [0.29, 0.717) is 12.8 Å². The van der Waals surface area contributed by atoms with Crippen molar-refractivity contribution in [2.75, 3.05) is 19.8 Å². The molecule has 1 amide bonds. The molecule has 0 fully saturated rings. The molecular weight excluding hydrogens is 507 g/mol. The first-order valence-electron chi connectivity index (χ1n) is 14.9. The van der Waals surface area contributed by atoms with Gasteiger partial charge in [-0.05, 0) is 32.1 Å². The van der Waals surface area contributed by atoms with Crippen molar-refractivity contribution in [2.24, 2.45) is 5.73 Å². The topological polar surface area (TPSA) is 151 Å². The predicted octanol–water partition coefficient (Wildman–Crippen LogP) is 5.51. The largest absolute Gasteiger partial charge is 0.472 e. The van der Waals surface area contributed by atoms with Crippen molar-refractivity contribution in [3.05, 3.63) is 12.2 Å². The molecule has 0 heterocycles. The zero-order valence-electron chi connectivity index (χ0n) is 24.0. The molecule has 0 aromatic rings. The van der Waals surface area contributed by atoms with Gasteiger partial charge in [0.2, 0.25) is 5.91 Å². The number of amides is 1. The van der Waals surface area contributed by atoms with Gasteiger partial charge in [0.05, 0.1) is 37.9 Å². The number of phosphoric ester groups is 1. The maximum atomic E-state index is 12.6. The molecule has 226 valence electrons. The second-order valence-corrected chi connectivity index (χ2v) is 11.6. The second-order valence-electron chi connectivity index (χ2n) is 10.1. The van der Waals surface area contributed by atoms with Crippen LogP contribution in [0.1, 0.15) is 123 Å². The fourth-order valence-corrected chi connectivity index (χ4v) is 4.86. The Bertz CT molecular complexity index is 636. The number of hydrogen-bond acceptors (Lipinski definition) is 7. The molecule has 0 rings (SSSR count). The van der Waals surface area contributed by atoms with E-state index in [-0.39, 0.29) is 26.2 Å². The van der Waals surface area contributed by atoms with Crippen LogP contribution in [0.3, 0.4) is 0 Å². The minimum Gasteiger partial charge on any atom is -0.393 e. The lowest BCUT2D eigenvalue weighted by atomic mass is 10.0. The van der Waals surface area contributed by atoms with E-state index < -0.39 is 32.0 Å². The normalized spacial score (nSPS) is 15.8. The number of nitrogens with two attached hydrogens (primary N) is 1. The van der Waals surface area contributed by atoms with Gasteiger partial charge in [0, 0.05) is 6.54 Å². The molecule has 0 saturated heterocycles. The minimum absolute atomic E-state index is 0.0580. The first-order chi connectivity index (χ1) is 18.3. The third-order valence-corrected chi connectivity index (χ3v) is 7.41. The summed E-state index contributed by atoms with van der Waals surface area (Å²) in [4.78, 5) is 22.4. The molecule has 10 heteroatoms. The number of aliphatic hydroxyl groups is 2. The monoisotopic (exact) mass is 564 g/mol. The van der Waals surface area contributed by atoms with Gasteiger partial charge >= 0.3 is 7.82 Å². The van der Waals surface area contributed by atoms with E-state index in [1.807, 2.05) is 0 Å². The van der Waals surface area contributed by atoms with Gasteiger partial charge in [-0.2, -0.15) is 0 Å². The average molecular weight is 565 g/mol. The van der Waals surface area contributed by atoms with Gasteiger partial charge in [-0.1, -0.05) is 96.6 Å². The second kappa shape index (κ2) is 25.2. The van der Waals surface area contributed by atoms with Gasteiger partial charge in [0.1, 0.15) is 0 Å². The number of phosphoric acid groups is 1. The summed E-state index contributed by atoms with van der Waals surface area (Å²) in [7, 11) is -4.35. The van der Waals surface area contributed by atoms with Crippen molar-refractivity contribution in [1.29, 1.82) is 0 Å². The molecule has 0 aliphatic carbocycles. The molecule has 38 heavy (non-hydrogen) atoms. The van der Waals surface area contributed by atoms with Gasteiger partial charge in [0.15, 0.2) is 0 Å². The number of aliphatic hydroxyl groups excluding tert-OH is 2. The van der Waals surface area contributed by atoms with Crippen LogP contribution in [0.4, 0.5) is 0 Å². The van der Waals surface area contributed by atoms with Crippen molar-refractivity contribution in [1.82, 2.24) is 5.32 Å². The van der Waals surface area contributed by atoms with Crippen LogP contribution in [-0.4, -0.2) is 59.0 Å². The minimum atomic E-state index is -4.35. The van der Waals surface area contributed by atoms with Crippen LogP contribution in [0, 0.1) is 0 Å². The number of carbonyl (C=O) groups is 1. The van der Waals surface area contributed by atoms with Crippen molar-refractivity contribution in [3.8, 4) is 0 Å². The molecule has 0 spiro atoms. The third kappa shape index (κ3) is 23.1. The maximum Gasteiger partial charge on any atom is 0.472 e. The highest BCUT2D eigenvalue weighted by Gasteiger charge is 2.28. The number of rotatable bonds is 27. The van der Waals surface area contributed by atoms with Crippen molar-refractivity contribution in [2.45, 2.75) is 141 Å². The van der Waals surface area contributed by atoms with E-state index in [4.69, 9.17) is 14.8 Å². The number of hydrogen-bond donors (Lipinski definition) is 5. The zero-order chi connectivity index (χ0) is 28.5. The Labute approximate surface area is 231 Å². The number of unbranched alkanes of at least 4 members (excludes halogenated alkanes) is 11. The highest BCUT2D eigenvalue weighted by atomic mass is 31.2. The Morgan fingerprint density at radius 2 is 1.45 bits per heavy atom. The molecule has 4 unspecified atom stereocenters. The van der Waals surface area contributed by atoms with Crippen LogP contribution >= 0.6 is 7.82 Å². The van der Waals surface area contributed by atoms with E-state index in [2.05, 4.69) is 31.3 Å². The number of carbonyl (C=O) groups excluding carboxylic acids is 1. The SMILES string of the molecule is CCCC/C=C\CCCCCC(O)CC(=O)NC(COP(=O)(O)OCCN)C(O)CCCCCCCCC. The standard InChI is InChI=1S/C28H57N2O7P/c1-3-5-7-9-11-12-14-15-17-19-25(31)23-28(33)30-26(24-37-38(34,35)36-22-21-29)27(32)20-18-16-13-10-8-6-4-2/h9,11,25-27,31-32H,3-8,10,12-24,29H2,1-2H3,(H,30,33)(H,34,35)/b11-9-. The van der Waals surface area contributed by atoms with Gasteiger partial charge in [-0.15, -0.1) is 0 Å². The number of nitrogens with one attached hydrogen (secondary N) is 1. The maximum absolute atomic E-state index is 12.6. The molecule has 6 N–H and O–H groups in total. The summed E-state index contributed by atoms with van der Waals surface area (Å²) < 4.78 is 21.8. The Morgan fingerprint density at radius 1 is 0.868 bits per heavy atom. The Morgan fingerprint density at radius 3 is 2.11 bits per heavy atom.